The number of pyridine rings is 1. The van der Waals surface area contributed by atoms with Crippen LogP contribution in [0.1, 0.15) is 13.3 Å². The van der Waals surface area contributed by atoms with E-state index in [1.54, 1.807) is 29.4 Å². The molecule has 2 rings (SSSR count). The number of amides is 2. The maximum atomic E-state index is 11.8. The van der Waals surface area contributed by atoms with Crippen LogP contribution in [0.2, 0.25) is 0 Å². The smallest absolute Gasteiger partial charge is 0.242 e. The van der Waals surface area contributed by atoms with Crippen molar-refractivity contribution in [3.63, 3.8) is 0 Å². The third-order valence-electron chi connectivity index (χ3n) is 2.94. The molecule has 1 N–H and O–H groups in total. The summed E-state index contributed by atoms with van der Waals surface area (Å²) in [6, 6.07) is 3.59. The number of carbonyl (C=O) groups excluding carboxylic acids is 2. The van der Waals surface area contributed by atoms with Crippen LogP contribution in [0, 0.1) is 0 Å². The first-order valence-corrected chi connectivity index (χ1v) is 6.24. The molecule has 1 aliphatic heterocycles. The summed E-state index contributed by atoms with van der Waals surface area (Å²) in [5, 5.41) is 2.51. The Kier molecular flexibility index (Phi) is 4.33. The van der Waals surface area contributed by atoms with Gasteiger partial charge in [-0.15, -0.1) is 0 Å². The molecule has 0 bridgehead atoms. The van der Waals surface area contributed by atoms with Gasteiger partial charge in [-0.05, 0) is 12.1 Å². The number of rotatable bonds is 4. The predicted octanol–water partition coefficient (Wildman–Crippen LogP) is 0.197. The number of nitrogens with zero attached hydrogens (tertiary/aromatic N) is 2. The molecule has 2 heterocycles. The molecule has 1 aliphatic rings. The molecule has 6 heteroatoms. The van der Waals surface area contributed by atoms with E-state index in [2.05, 4.69) is 10.3 Å². The highest BCUT2D eigenvalue weighted by atomic mass is 16.5. The van der Waals surface area contributed by atoms with E-state index in [1.165, 1.54) is 6.92 Å². The number of likely N-dealkylation sites (tertiary alicyclic amines) is 1. The predicted molar refractivity (Wildman–Crippen MR) is 68.5 cm³/mol. The largest absolute Gasteiger partial charge is 0.488 e. The highest BCUT2D eigenvalue weighted by Gasteiger charge is 2.27. The van der Waals surface area contributed by atoms with Crippen molar-refractivity contribution in [1.82, 2.24) is 15.2 Å². The van der Waals surface area contributed by atoms with E-state index in [1.807, 2.05) is 0 Å². The lowest BCUT2D eigenvalue weighted by atomic mass is 10.3. The van der Waals surface area contributed by atoms with E-state index in [0.29, 0.717) is 13.1 Å². The Bertz CT molecular complexity index is 450. The minimum atomic E-state index is -0.197. The zero-order valence-corrected chi connectivity index (χ0v) is 10.8. The van der Waals surface area contributed by atoms with Gasteiger partial charge in [0.15, 0.2) is 0 Å². The molecule has 19 heavy (non-hydrogen) atoms. The fourth-order valence-corrected chi connectivity index (χ4v) is 1.97. The molecule has 1 fully saturated rings. The van der Waals surface area contributed by atoms with Gasteiger partial charge in [-0.2, -0.15) is 0 Å². The number of hydrogen-bond donors (Lipinski definition) is 1. The molecule has 0 spiro atoms. The molecular formula is C13H17N3O3. The topological polar surface area (TPSA) is 71.5 Å². The number of aromatic nitrogens is 1. The number of hydrogen-bond acceptors (Lipinski definition) is 4. The molecule has 1 unspecified atom stereocenters. The van der Waals surface area contributed by atoms with Gasteiger partial charge in [0, 0.05) is 32.3 Å². The van der Waals surface area contributed by atoms with Crippen LogP contribution < -0.4 is 10.1 Å². The summed E-state index contributed by atoms with van der Waals surface area (Å²) in [7, 11) is 0. The Labute approximate surface area is 111 Å². The van der Waals surface area contributed by atoms with Gasteiger partial charge >= 0.3 is 0 Å². The van der Waals surface area contributed by atoms with Crippen LogP contribution in [0.4, 0.5) is 0 Å². The SMILES string of the molecule is CC(=O)NCC(=O)N1CCC(Oc2ccncc2)C1. The van der Waals surface area contributed by atoms with Crippen molar-refractivity contribution in [2.75, 3.05) is 19.6 Å². The maximum Gasteiger partial charge on any atom is 0.242 e. The highest BCUT2D eigenvalue weighted by molar-refractivity contribution is 5.83. The van der Waals surface area contributed by atoms with Crippen molar-refractivity contribution < 1.29 is 14.3 Å². The molecular weight excluding hydrogens is 246 g/mol. The van der Waals surface area contributed by atoms with Gasteiger partial charge in [0.1, 0.15) is 11.9 Å². The quantitative estimate of drug-likeness (QED) is 0.842. The van der Waals surface area contributed by atoms with Gasteiger partial charge in [0.25, 0.3) is 0 Å². The molecule has 6 nitrogen and oxygen atoms in total. The normalized spacial score (nSPS) is 18.2. The van der Waals surface area contributed by atoms with Crippen LogP contribution in [0.3, 0.4) is 0 Å². The third-order valence-corrected chi connectivity index (χ3v) is 2.94. The van der Waals surface area contributed by atoms with Gasteiger partial charge in [-0.1, -0.05) is 0 Å². The Balaban J connectivity index is 1.80. The van der Waals surface area contributed by atoms with E-state index in [4.69, 9.17) is 4.74 Å². The number of ether oxygens (including phenoxy) is 1. The first-order chi connectivity index (χ1) is 9.15. The molecule has 1 saturated heterocycles. The minimum absolute atomic E-state index is 0.00341. The monoisotopic (exact) mass is 263 g/mol. The molecule has 0 radical (unpaired) electrons. The van der Waals surface area contributed by atoms with Crippen LogP contribution in [0.5, 0.6) is 5.75 Å². The minimum Gasteiger partial charge on any atom is -0.488 e. The van der Waals surface area contributed by atoms with Crippen molar-refractivity contribution in [3.8, 4) is 5.75 Å². The summed E-state index contributed by atoms with van der Waals surface area (Å²) in [4.78, 5) is 28.2. The summed E-state index contributed by atoms with van der Waals surface area (Å²) in [5.74, 6) is 0.490. The van der Waals surface area contributed by atoms with E-state index in [-0.39, 0.29) is 24.5 Å². The molecule has 1 aromatic heterocycles. The standard InChI is InChI=1S/C13H17N3O3/c1-10(17)15-8-13(18)16-7-4-12(9-16)19-11-2-5-14-6-3-11/h2-3,5-6,12H,4,7-9H2,1H3,(H,15,17). The van der Waals surface area contributed by atoms with E-state index < -0.39 is 0 Å². The maximum absolute atomic E-state index is 11.8. The van der Waals surface area contributed by atoms with Crippen LogP contribution in [-0.4, -0.2) is 47.4 Å². The van der Waals surface area contributed by atoms with Crippen LogP contribution in [0.25, 0.3) is 0 Å². The van der Waals surface area contributed by atoms with Crippen molar-refractivity contribution >= 4 is 11.8 Å². The summed E-state index contributed by atoms with van der Waals surface area (Å²) in [5.41, 5.74) is 0. The first-order valence-electron chi connectivity index (χ1n) is 6.24. The average molecular weight is 263 g/mol. The lowest BCUT2D eigenvalue weighted by Crippen LogP contribution is -2.39. The Morgan fingerprint density at radius 2 is 2.21 bits per heavy atom. The summed E-state index contributed by atoms with van der Waals surface area (Å²) in [6.45, 7) is 2.67. The summed E-state index contributed by atoms with van der Waals surface area (Å²) < 4.78 is 5.76. The van der Waals surface area contributed by atoms with Gasteiger partial charge < -0.3 is 15.0 Å². The molecule has 102 valence electrons. The highest BCUT2D eigenvalue weighted by Crippen LogP contribution is 2.17. The van der Waals surface area contributed by atoms with Crippen LogP contribution >= 0.6 is 0 Å². The van der Waals surface area contributed by atoms with E-state index in [9.17, 15) is 9.59 Å². The number of carbonyl (C=O) groups is 2. The van der Waals surface area contributed by atoms with Gasteiger partial charge in [0.05, 0.1) is 13.1 Å². The lowest BCUT2D eigenvalue weighted by molar-refractivity contribution is -0.131. The van der Waals surface area contributed by atoms with E-state index >= 15 is 0 Å². The lowest BCUT2D eigenvalue weighted by Gasteiger charge is -2.17. The second kappa shape index (κ2) is 6.17. The average Bonchev–Trinajstić information content (AvgIpc) is 2.85. The fraction of sp³-hybridized carbons (Fsp3) is 0.462. The second-order valence-corrected chi connectivity index (χ2v) is 4.46. The van der Waals surface area contributed by atoms with Crippen molar-refractivity contribution in [3.05, 3.63) is 24.5 Å². The molecule has 0 saturated carbocycles. The number of nitrogens with one attached hydrogen (secondary N) is 1. The van der Waals surface area contributed by atoms with Gasteiger partial charge in [-0.3, -0.25) is 14.6 Å². The van der Waals surface area contributed by atoms with Gasteiger partial charge in [-0.25, -0.2) is 0 Å². The van der Waals surface area contributed by atoms with Crippen molar-refractivity contribution in [2.45, 2.75) is 19.4 Å². The van der Waals surface area contributed by atoms with Crippen molar-refractivity contribution in [2.24, 2.45) is 0 Å². The fourth-order valence-electron chi connectivity index (χ4n) is 1.97. The first kappa shape index (κ1) is 13.3. The van der Waals surface area contributed by atoms with Crippen molar-refractivity contribution in [1.29, 1.82) is 0 Å². The second-order valence-electron chi connectivity index (χ2n) is 4.46. The summed E-state index contributed by atoms with van der Waals surface area (Å²) >= 11 is 0. The molecule has 1 atom stereocenters. The molecule has 0 aromatic carbocycles. The zero-order valence-electron chi connectivity index (χ0n) is 10.8. The van der Waals surface area contributed by atoms with Crippen LogP contribution in [0.15, 0.2) is 24.5 Å². The van der Waals surface area contributed by atoms with E-state index in [0.717, 1.165) is 12.2 Å². The third kappa shape index (κ3) is 3.94. The Hall–Kier alpha value is -2.11. The van der Waals surface area contributed by atoms with Crippen LogP contribution in [-0.2, 0) is 9.59 Å². The molecule has 1 aromatic rings. The van der Waals surface area contributed by atoms with Gasteiger partial charge in [0.2, 0.25) is 11.8 Å². The summed E-state index contributed by atoms with van der Waals surface area (Å²) in [6.07, 6.45) is 4.14. The zero-order chi connectivity index (χ0) is 13.7. The molecule has 2 amide bonds. The Morgan fingerprint density at radius 3 is 2.89 bits per heavy atom. The Morgan fingerprint density at radius 1 is 1.47 bits per heavy atom. The molecule has 0 aliphatic carbocycles.